The molecule has 1 aliphatic rings. The lowest BCUT2D eigenvalue weighted by Gasteiger charge is -2.28. The van der Waals surface area contributed by atoms with Crippen molar-refractivity contribution in [2.45, 2.75) is 19.5 Å². The summed E-state index contributed by atoms with van der Waals surface area (Å²) in [7, 11) is 0. The molecule has 3 aromatic rings. The maximum atomic E-state index is 13.9. The highest BCUT2D eigenvalue weighted by molar-refractivity contribution is 6.30. The maximum absolute atomic E-state index is 13.9. The third kappa shape index (κ3) is 3.55. The third-order valence-corrected chi connectivity index (χ3v) is 5.03. The van der Waals surface area contributed by atoms with E-state index in [0.29, 0.717) is 35.1 Å². The molecule has 1 aromatic heterocycles. The molecule has 144 valence electrons. The predicted octanol–water partition coefficient (Wildman–Crippen LogP) is 4.07. The number of nitrogens with zero attached hydrogens (tertiary/aromatic N) is 2. The van der Waals surface area contributed by atoms with E-state index in [-0.39, 0.29) is 24.2 Å². The molecule has 0 bridgehead atoms. The number of fused-ring (bicyclic) bond motifs is 1. The highest BCUT2D eigenvalue weighted by Crippen LogP contribution is 2.23. The van der Waals surface area contributed by atoms with Crippen molar-refractivity contribution in [2.75, 3.05) is 6.54 Å². The summed E-state index contributed by atoms with van der Waals surface area (Å²) in [6.07, 6.45) is 0.491. The number of hydrogen-bond acceptors (Lipinski definition) is 3. The van der Waals surface area contributed by atoms with Crippen LogP contribution in [-0.2, 0) is 19.5 Å². The summed E-state index contributed by atoms with van der Waals surface area (Å²) in [6.45, 7) is 0.833. The van der Waals surface area contributed by atoms with E-state index < -0.39 is 17.5 Å². The van der Waals surface area contributed by atoms with E-state index >= 15 is 0 Å². The molecular formula is C20H15ClF3N3O. The molecule has 0 unspecified atom stereocenters. The number of hydrogen-bond donors (Lipinski definition) is 1. The predicted molar refractivity (Wildman–Crippen MR) is 99.4 cm³/mol. The lowest BCUT2D eigenvalue weighted by atomic mass is 10.0. The van der Waals surface area contributed by atoms with Gasteiger partial charge in [-0.25, -0.2) is 18.2 Å². The largest absolute Gasteiger partial charge is 0.306 e. The van der Waals surface area contributed by atoms with Crippen molar-refractivity contribution in [2.24, 2.45) is 0 Å². The van der Waals surface area contributed by atoms with E-state index in [1.54, 1.807) is 29.2 Å². The van der Waals surface area contributed by atoms with E-state index in [1.807, 2.05) is 0 Å². The van der Waals surface area contributed by atoms with Gasteiger partial charge >= 0.3 is 0 Å². The average molecular weight is 406 g/mol. The zero-order chi connectivity index (χ0) is 19.8. The zero-order valence-electron chi connectivity index (χ0n) is 14.6. The Morgan fingerprint density at radius 3 is 2.57 bits per heavy atom. The summed E-state index contributed by atoms with van der Waals surface area (Å²) in [5.74, 6) is -3.45. The first-order valence-corrected chi connectivity index (χ1v) is 9.03. The van der Waals surface area contributed by atoms with Crippen LogP contribution in [0.4, 0.5) is 13.2 Å². The summed E-state index contributed by atoms with van der Waals surface area (Å²) < 4.78 is 40.5. The van der Waals surface area contributed by atoms with Gasteiger partial charge in [-0.05, 0) is 30.3 Å². The van der Waals surface area contributed by atoms with Gasteiger partial charge in [0.25, 0.3) is 5.56 Å². The van der Waals surface area contributed by atoms with Crippen LogP contribution in [0.5, 0.6) is 0 Å². The van der Waals surface area contributed by atoms with Crippen molar-refractivity contribution in [1.29, 1.82) is 0 Å². The van der Waals surface area contributed by atoms with Gasteiger partial charge in [-0.15, -0.1) is 0 Å². The first-order valence-electron chi connectivity index (χ1n) is 8.65. The Hall–Kier alpha value is -2.64. The minimum absolute atomic E-state index is 0.0459. The van der Waals surface area contributed by atoms with Gasteiger partial charge in [-0.1, -0.05) is 17.7 Å². The Kier molecular flexibility index (Phi) is 4.95. The molecular weight excluding hydrogens is 391 g/mol. The van der Waals surface area contributed by atoms with Crippen LogP contribution in [0.25, 0.3) is 11.4 Å². The number of aromatic nitrogens is 2. The van der Waals surface area contributed by atoms with Crippen LogP contribution in [0.15, 0.2) is 41.2 Å². The van der Waals surface area contributed by atoms with Crippen molar-refractivity contribution in [1.82, 2.24) is 14.9 Å². The van der Waals surface area contributed by atoms with E-state index in [0.717, 1.165) is 11.6 Å². The molecule has 4 rings (SSSR count). The first kappa shape index (κ1) is 18.7. The number of aromatic amines is 1. The van der Waals surface area contributed by atoms with Gasteiger partial charge in [0, 0.05) is 42.2 Å². The van der Waals surface area contributed by atoms with E-state index in [1.165, 1.54) is 6.07 Å². The Morgan fingerprint density at radius 1 is 1.07 bits per heavy atom. The number of halogens is 4. The lowest BCUT2D eigenvalue weighted by molar-refractivity contribution is 0.237. The minimum Gasteiger partial charge on any atom is -0.306 e. The molecule has 28 heavy (non-hydrogen) atoms. The van der Waals surface area contributed by atoms with Crippen molar-refractivity contribution in [3.63, 3.8) is 0 Å². The van der Waals surface area contributed by atoms with Crippen LogP contribution >= 0.6 is 11.6 Å². The Morgan fingerprint density at radius 2 is 1.82 bits per heavy atom. The fourth-order valence-corrected chi connectivity index (χ4v) is 3.42. The SMILES string of the molecule is O=c1[nH]c(-c2ccc(Cl)cc2)nc2c1CN(Cc1ccc(F)c(F)c1F)CC2. The molecule has 0 spiro atoms. The van der Waals surface area contributed by atoms with Crippen LogP contribution in [0.2, 0.25) is 5.02 Å². The first-order chi connectivity index (χ1) is 13.4. The third-order valence-electron chi connectivity index (χ3n) is 4.77. The van der Waals surface area contributed by atoms with Crippen LogP contribution in [-0.4, -0.2) is 21.4 Å². The topological polar surface area (TPSA) is 49.0 Å². The molecule has 0 fully saturated rings. The molecule has 1 N–H and O–H groups in total. The summed E-state index contributed by atoms with van der Waals surface area (Å²) in [5, 5.41) is 0.587. The van der Waals surface area contributed by atoms with Crippen molar-refractivity contribution >= 4 is 11.6 Å². The van der Waals surface area contributed by atoms with Gasteiger partial charge in [0.1, 0.15) is 5.82 Å². The van der Waals surface area contributed by atoms with E-state index in [9.17, 15) is 18.0 Å². The second kappa shape index (κ2) is 7.41. The highest BCUT2D eigenvalue weighted by Gasteiger charge is 2.23. The normalized spacial score (nSPS) is 14.1. The van der Waals surface area contributed by atoms with Gasteiger partial charge in [0.15, 0.2) is 17.5 Å². The number of benzene rings is 2. The quantitative estimate of drug-likeness (QED) is 0.668. The van der Waals surface area contributed by atoms with Crippen LogP contribution in [0.3, 0.4) is 0 Å². The highest BCUT2D eigenvalue weighted by atomic mass is 35.5. The fraction of sp³-hybridized carbons (Fsp3) is 0.200. The molecule has 0 saturated heterocycles. The second-order valence-corrected chi connectivity index (χ2v) is 7.08. The van der Waals surface area contributed by atoms with Gasteiger partial charge in [-0.3, -0.25) is 9.69 Å². The Labute approximate surface area is 163 Å². The summed E-state index contributed by atoms with van der Waals surface area (Å²) in [4.78, 5) is 21.7. The fourth-order valence-electron chi connectivity index (χ4n) is 3.29. The van der Waals surface area contributed by atoms with Crippen molar-refractivity contribution in [3.05, 3.63) is 86.0 Å². The van der Waals surface area contributed by atoms with Gasteiger partial charge in [0.2, 0.25) is 0 Å². The average Bonchev–Trinajstić information content (AvgIpc) is 2.69. The monoisotopic (exact) mass is 405 g/mol. The van der Waals surface area contributed by atoms with Gasteiger partial charge in [-0.2, -0.15) is 0 Å². The summed E-state index contributed by atoms with van der Waals surface area (Å²) in [6, 6.07) is 9.10. The molecule has 2 heterocycles. The molecule has 0 aliphatic carbocycles. The molecule has 8 heteroatoms. The lowest BCUT2D eigenvalue weighted by Crippen LogP contribution is -2.35. The molecule has 2 aromatic carbocycles. The van der Waals surface area contributed by atoms with Crippen LogP contribution in [0, 0.1) is 17.5 Å². The number of H-pyrrole nitrogens is 1. The number of nitrogens with one attached hydrogen (secondary N) is 1. The smallest absolute Gasteiger partial charge is 0.255 e. The molecule has 0 radical (unpaired) electrons. The molecule has 0 atom stereocenters. The maximum Gasteiger partial charge on any atom is 0.255 e. The van der Waals surface area contributed by atoms with E-state index in [2.05, 4.69) is 9.97 Å². The van der Waals surface area contributed by atoms with E-state index in [4.69, 9.17) is 11.6 Å². The van der Waals surface area contributed by atoms with Gasteiger partial charge in [0.05, 0.1) is 11.3 Å². The summed E-state index contributed by atoms with van der Waals surface area (Å²) in [5.41, 5.74) is 1.69. The molecule has 4 nitrogen and oxygen atoms in total. The Balaban J connectivity index is 1.58. The Bertz CT molecular complexity index is 1100. The van der Waals surface area contributed by atoms with Crippen molar-refractivity contribution < 1.29 is 13.2 Å². The summed E-state index contributed by atoms with van der Waals surface area (Å²) >= 11 is 5.89. The van der Waals surface area contributed by atoms with Crippen LogP contribution in [0.1, 0.15) is 16.8 Å². The van der Waals surface area contributed by atoms with Gasteiger partial charge < -0.3 is 4.98 Å². The van der Waals surface area contributed by atoms with Crippen molar-refractivity contribution in [3.8, 4) is 11.4 Å². The van der Waals surface area contributed by atoms with Crippen LogP contribution < -0.4 is 5.56 Å². The molecule has 0 amide bonds. The zero-order valence-corrected chi connectivity index (χ0v) is 15.4. The molecule has 1 aliphatic heterocycles. The minimum atomic E-state index is -1.48. The second-order valence-electron chi connectivity index (χ2n) is 6.64. The standard InChI is InChI=1S/C20H15ClF3N3O/c21-13-4-1-11(2-5-13)19-25-16-7-8-27(10-14(16)20(28)26-19)9-12-3-6-15(22)18(24)17(12)23/h1-6H,7-10H2,(H,25,26,28). The number of rotatable bonds is 3. The molecule has 0 saturated carbocycles.